The van der Waals surface area contributed by atoms with Gasteiger partial charge in [-0.25, -0.2) is 0 Å². The maximum absolute atomic E-state index is 11.9. The molecule has 6 nitrogen and oxygen atoms in total. The van der Waals surface area contributed by atoms with Crippen LogP contribution in [0.5, 0.6) is 5.75 Å². The van der Waals surface area contributed by atoms with Gasteiger partial charge in [-0.3, -0.25) is 9.69 Å². The van der Waals surface area contributed by atoms with Gasteiger partial charge in [0.1, 0.15) is 0 Å². The van der Waals surface area contributed by atoms with Crippen molar-refractivity contribution in [2.75, 3.05) is 45.1 Å². The Labute approximate surface area is 118 Å². The molecule has 0 saturated carbocycles. The number of hydrogen-bond donors (Lipinski definition) is 3. The van der Waals surface area contributed by atoms with Crippen molar-refractivity contribution in [3.05, 3.63) is 23.8 Å². The molecule has 1 aromatic carbocycles. The first-order valence-corrected chi connectivity index (χ1v) is 6.84. The smallest absolute Gasteiger partial charge is 0.255 e. The highest BCUT2D eigenvalue weighted by molar-refractivity contribution is 5.98. The number of aromatic hydroxyl groups is 1. The normalized spacial score (nSPS) is 16.0. The number of nitrogens with two attached hydrogens (primary N) is 1. The summed E-state index contributed by atoms with van der Waals surface area (Å²) in [7, 11) is 0. The molecule has 1 amide bonds. The van der Waals surface area contributed by atoms with Crippen LogP contribution in [0.25, 0.3) is 0 Å². The molecule has 1 fully saturated rings. The maximum atomic E-state index is 11.9. The van der Waals surface area contributed by atoms with Crippen molar-refractivity contribution in [3.8, 4) is 5.75 Å². The zero-order valence-corrected chi connectivity index (χ0v) is 11.5. The SMILES string of the molecule is Nc1cccc(C(=O)NCCCN2CCOCC2)c1O. The second-order valence-corrected chi connectivity index (χ2v) is 4.81. The number of carbonyl (C=O) groups excluding carboxylic acids is 1. The van der Waals surface area contributed by atoms with Gasteiger partial charge in [0.25, 0.3) is 5.91 Å². The van der Waals surface area contributed by atoms with Crippen LogP contribution >= 0.6 is 0 Å². The zero-order chi connectivity index (χ0) is 14.4. The summed E-state index contributed by atoms with van der Waals surface area (Å²) in [5.74, 6) is -0.449. The summed E-state index contributed by atoms with van der Waals surface area (Å²) < 4.78 is 5.28. The summed E-state index contributed by atoms with van der Waals surface area (Å²) in [6.45, 7) is 4.97. The van der Waals surface area contributed by atoms with Gasteiger partial charge in [-0.2, -0.15) is 0 Å². The van der Waals surface area contributed by atoms with E-state index in [1.54, 1.807) is 18.2 Å². The van der Waals surface area contributed by atoms with Gasteiger partial charge in [0.2, 0.25) is 0 Å². The molecule has 1 aliphatic rings. The molecule has 0 bridgehead atoms. The van der Waals surface area contributed by atoms with E-state index < -0.39 is 0 Å². The lowest BCUT2D eigenvalue weighted by Crippen LogP contribution is -2.38. The Morgan fingerprint density at radius 2 is 2.15 bits per heavy atom. The first-order chi connectivity index (χ1) is 9.68. The van der Waals surface area contributed by atoms with Crippen LogP contribution in [0.15, 0.2) is 18.2 Å². The summed E-state index contributed by atoms with van der Waals surface area (Å²) in [4.78, 5) is 14.2. The molecule has 0 spiro atoms. The van der Waals surface area contributed by atoms with E-state index in [0.717, 1.165) is 39.3 Å². The summed E-state index contributed by atoms with van der Waals surface area (Å²) in [5.41, 5.74) is 5.99. The molecule has 0 atom stereocenters. The molecular formula is C14H21N3O3. The Morgan fingerprint density at radius 1 is 1.40 bits per heavy atom. The fourth-order valence-electron chi connectivity index (χ4n) is 2.17. The number of ether oxygens (including phenoxy) is 1. The molecule has 1 heterocycles. The van der Waals surface area contributed by atoms with Crippen molar-refractivity contribution >= 4 is 11.6 Å². The van der Waals surface area contributed by atoms with E-state index in [4.69, 9.17) is 10.5 Å². The van der Waals surface area contributed by atoms with E-state index >= 15 is 0 Å². The summed E-state index contributed by atoms with van der Waals surface area (Å²) in [6, 6.07) is 4.77. The van der Waals surface area contributed by atoms with Crippen molar-refractivity contribution < 1.29 is 14.6 Å². The van der Waals surface area contributed by atoms with Crippen molar-refractivity contribution in [1.29, 1.82) is 0 Å². The molecule has 20 heavy (non-hydrogen) atoms. The highest BCUT2D eigenvalue weighted by atomic mass is 16.5. The van der Waals surface area contributed by atoms with Crippen LogP contribution < -0.4 is 11.1 Å². The first kappa shape index (κ1) is 14.6. The fraction of sp³-hybridized carbons (Fsp3) is 0.500. The largest absolute Gasteiger partial charge is 0.505 e. The summed E-state index contributed by atoms with van der Waals surface area (Å²) in [6.07, 6.45) is 0.870. The number of phenols is 1. The second-order valence-electron chi connectivity index (χ2n) is 4.81. The van der Waals surface area contributed by atoms with E-state index in [1.165, 1.54) is 0 Å². The lowest BCUT2D eigenvalue weighted by Gasteiger charge is -2.26. The molecule has 0 unspecified atom stereocenters. The van der Waals surface area contributed by atoms with Gasteiger partial charge in [-0.05, 0) is 25.1 Å². The van der Waals surface area contributed by atoms with Gasteiger partial charge in [0.05, 0.1) is 24.5 Å². The molecule has 110 valence electrons. The molecule has 0 radical (unpaired) electrons. The number of hydrogen-bond acceptors (Lipinski definition) is 5. The predicted octanol–water partition coefficient (Wildman–Crippen LogP) is 0.427. The van der Waals surface area contributed by atoms with Gasteiger partial charge in [0.15, 0.2) is 5.75 Å². The Morgan fingerprint density at radius 3 is 2.90 bits per heavy atom. The minimum absolute atomic E-state index is 0.154. The molecule has 2 rings (SSSR count). The Bertz CT molecular complexity index is 459. The van der Waals surface area contributed by atoms with Crippen LogP contribution in [0.4, 0.5) is 5.69 Å². The average Bonchev–Trinajstić information content (AvgIpc) is 2.47. The number of rotatable bonds is 5. The third-order valence-corrected chi connectivity index (χ3v) is 3.35. The first-order valence-electron chi connectivity index (χ1n) is 6.84. The number of nitrogens with zero attached hydrogens (tertiary/aromatic N) is 1. The number of carbonyl (C=O) groups is 1. The van der Waals surface area contributed by atoms with E-state index in [9.17, 15) is 9.90 Å². The quantitative estimate of drug-likeness (QED) is 0.413. The van der Waals surface area contributed by atoms with Crippen molar-refractivity contribution in [2.45, 2.75) is 6.42 Å². The molecule has 1 aromatic rings. The van der Waals surface area contributed by atoms with Crippen LogP contribution in [-0.4, -0.2) is 55.3 Å². The summed E-state index contributed by atoms with van der Waals surface area (Å²) >= 11 is 0. The molecule has 1 aliphatic heterocycles. The van der Waals surface area contributed by atoms with Crippen LogP contribution in [0, 0.1) is 0 Å². The topological polar surface area (TPSA) is 87.8 Å². The molecule has 0 aromatic heterocycles. The number of morpholine rings is 1. The lowest BCUT2D eigenvalue weighted by atomic mass is 10.1. The second kappa shape index (κ2) is 7.12. The fourth-order valence-corrected chi connectivity index (χ4v) is 2.17. The number of benzene rings is 1. The zero-order valence-electron chi connectivity index (χ0n) is 11.5. The molecule has 6 heteroatoms. The number of phenolic OH excluding ortho intramolecular Hbond substituents is 1. The molecule has 0 aliphatic carbocycles. The van der Waals surface area contributed by atoms with Gasteiger partial charge >= 0.3 is 0 Å². The monoisotopic (exact) mass is 279 g/mol. The van der Waals surface area contributed by atoms with Crippen LogP contribution in [-0.2, 0) is 4.74 Å². The van der Waals surface area contributed by atoms with Crippen molar-refractivity contribution in [2.24, 2.45) is 0 Å². The number of anilines is 1. The van der Waals surface area contributed by atoms with E-state index in [-0.39, 0.29) is 22.9 Å². The third-order valence-electron chi connectivity index (χ3n) is 3.35. The van der Waals surface area contributed by atoms with E-state index in [0.29, 0.717) is 6.54 Å². The van der Waals surface area contributed by atoms with E-state index in [2.05, 4.69) is 10.2 Å². The summed E-state index contributed by atoms with van der Waals surface area (Å²) in [5, 5.41) is 12.5. The van der Waals surface area contributed by atoms with Crippen LogP contribution in [0.3, 0.4) is 0 Å². The molecule has 1 saturated heterocycles. The van der Waals surface area contributed by atoms with Crippen molar-refractivity contribution in [1.82, 2.24) is 10.2 Å². The van der Waals surface area contributed by atoms with Crippen LogP contribution in [0.2, 0.25) is 0 Å². The highest BCUT2D eigenvalue weighted by Crippen LogP contribution is 2.23. The number of nitrogen functional groups attached to an aromatic ring is 1. The molecule has 4 N–H and O–H groups in total. The van der Waals surface area contributed by atoms with Gasteiger partial charge in [0, 0.05) is 19.6 Å². The van der Waals surface area contributed by atoms with E-state index in [1.807, 2.05) is 0 Å². The standard InChI is InChI=1S/C14H21N3O3/c15-12-4-1-3-11(13(12)18)14(19)16-5-2-6-17-7-9-20-10-8-17/h1,3-4,18H,2,5-10,15H2,(H,16,19). The highest BCUT2D eigenvalue weighted by Gasteiger charge is 2.13. The molecular weight excluding hydrogens is 258 g/mol. The lowest BCUT2D eigenvalue weighted by molar-refractivity contribution is 0.0374. The third kappa shape index (κ3) is 3.85. The van der Waals surface area contributed by atoms with Crippen LogP contribution in [0.1, 0.15) is 16.8 Å². The number of nitrogens with one attached hydrogen (secondary N) is 1. The average molecular weight is 279 g/mol. The van der Waals surface area contributed by atoms with Crippen molar-refractivity contribution in [3.63, 3.8) is 0 Å². The number of amides is 1. The minimum atomic E-state index is -0.295. The predicted molar refractivity (Wildman–Crippen MR) is 76.7 cm³/mol. The Kier molecular flexibility index (Phi) is 5.20. The Hall–Kier alpha value is -1.79. The van der Waals surface area contributed by atoms with Gasteiger partial charge < -0.3 is 20.9 Å². The number of para-hydroxylation sites is 1. The van der Waals surface area contributed by atoms with Gasteiger partial charge in [-0.1, -0.05) is 6.07 Å². The van der Waals surface area contributed by atoms with Gasteiger partial charge in [-0.15, -0.1) is 0 Å². The minimum Gasteiger partial charge on any atom is -0.505 e. The maximum Gasteiger partial charge on any atom is 0.255 e. The Balaban J connectivity index is 1.73.